The summed E-state index contributed by atoms with van der Waals surface area (Å²) in [6.45, 7) is 3.30. The lowest BCUT2D eigenvalue weighted by molar-refractivity contribution is 0.298. The van der Waals surface area contributed by atoms with Crippen LogP contribution in [0.4, 0.5) is 11.4 Å². The monoisotopic (exact) mass is 420 g/mol. The van der Waals surface area contributed by atoms with Crippen molar-refractivity contribution in [1.82, 2.24) is 14.5 Å². The SMILES string of the molecule is Cc1cc(Nc2cccc(OCCn3cnc(-c4ccccc4)c3)c2)c2ccccc2n1. The summed E-state index contributed by atoms with van der Waals surface area (Å²) in [5, 5.41) is 4.62. The molecule has 0 amide bonds. The third-order valence-electron chi connectivity index (χ3n) is 5.28. The molecule has 5 rings (SSSR count). The Morgan fingerprint density at radius 3 is 2.66 bits per heavy atom. The fourth-order valence-corrected chi connectivity index (χ4v) is 3.74. The quantitative estimate of drug-likeness (QED) is 0.339. The number of aromatic nitrogens is 3. The van der Waals surface area contributed by atoms with Gasteiger partial charge in [0.1, 0.15) is 12.4 Å². The van der Waals surface area contributed by atoms with Gasteiger partial charge in [0.05, 0.1) is 24.1 Å². The van der Waals surface area contributed by atoms with Gasteiger partial charge in [-0.25, -0.2) is 4.98 Å². The van der Waals surface area contributed by atoms with Crippen molar-refractivity contribution in [3.8, 4) is 17.0 Å². The maximum absolute atomic E-state index is 6.01. The first kappa shape index (κ1) is 19.8. The highest BCUT2D eigenvalue weighted by Gasteiger charge is 2.06. The maximum Gasteiger partial charge on any atom is 0.121 e. The molecule has 0 saturated heterocycles. The summed E-state index contributed by atoms with van der Waals surface area (Å²) in [7, 11) is 0. The summed E-state index contributed by atoms with van der Waals surface area (Å²) in [5.41, 5.74) is 6.07. The molecule has 0 aliphatic rings. The largest absolute Gasteiger partial charge is 0.492 e. The number of hydrogen-bond acceptors (Lipinski definition) is 4. The highest BCUT2D eigenvalue weighted by molar-refractivity contribution is 5.93. The summed E-state index contributed by atoms with van der Waals surface area (Å²) >= 11 is 0. The third-order valence-corrected chi connectivity index (χ3v) is 5.28. The minimum atomic E-state index is 0.561. The summed E-state index contributed by atoms with van der Waals surface area (Å²) in [6, 6.07) is 28.4. The Balaban J connectivity index is 1.24. The molecule has 0 unspecified atom stereocenters. The summed E-state index contributed by atoms with van der Waals surface area (Å²) in [5.74, 6) is 0.827. The maximum atomic E-state index is 6.01. The molecular weight excluding hydrogens is 396 g/mol. The van der Waals surface area contributed by atoms with Gasteiger partial charge < -0.3 is 14.6 Å². The van der Waals surface area contributed by atoms with E-state index < -0.39 is 0 Å². The zero-order chi connectivity index (χ0) is 21.8. The molecule has 158 valence electrons. The number of para-hydroxylation sites is 1. The van der Waals surface area contributed by atoms with E-state index in [-0.39, 0.29) is 0 Å². The van der Waals surface area contributed by atoms with Crippen LogP contribution in [0.5, 0.6) is 5.75 Å². The van der Waals surface area contributed by atoms with Crippen LogP contribution in [0.15, 0.2) is 97.5 Å². The molecule has 2 aromatic heterocycles. The van der Waals surface area contributed by atoms with Crippen LogP contribution in [0, 0.1) is 6.92 Å². The van der Waals surface area contributed by atoms with Crippen LogP contribution in [0.2, 0.25) is 0 Å². The van der Waals surface area contributed by atoms with E-state index >= 15 is 0 Å². The van der Waals surface area contributed by atoms with Crippen molar-refractivity contribution in [2.24, 2.45) is 0 Å². The van der Waals surface area contributed by atoms with Gasteiger partial charge in [0.2, 0.25) is 0 Å². The number of fused-ring (bicyclic) bond motifs is 1. The van der Waals surface area contributed by atoms with E-state index in [0.717, 1.165) is 51.5 Å². The molecule has 0 fully saturated rings. The van der Waals surface area contributed by atoms with E-state index in [0.29, 0.717) is 6.61 Å². The Hall–Kier alpha value is -4.12. The van der Waals surface area contributed by atoms with Gasteiger partial charge in [-0.1, -0.05) is 54.6 Å². The van der Waals surface area contributed by atoms with Gasteiger partial charge in [-0.2, -0.15) is 0 Å². The fourth-order valence-electron chi connectivity index (χ4n) is 3.74. The van der Waals surface area contributed by atoms with Crippen molar-refractivity contribution in [2.45, 2.75) is 13.5 Å². The smallest absolute Gasteiger partial charge is 0.121 e. The summed E-state index contributed by atoms with van der Waals surface area (Å²) in [4.78, 5) is 9.11. The van der Waals surface area contributed by atoms with Crippen LogP contribution in [-0.4, -0.2) is 21.1 Å². The standard InChI is InChI=1S/C27H24N4O/c1-20-16-26(24-12-5-6-13-25(24)29-20)30-22-10-7-11-23(17-22)32-15-14-31-18-27(28-19-31)21-8-3-2-4-9-21/h2-13,16-19H,14-15H2,1H3,(H,29,30). The Morgan fingerprint density at radius 2 is 1.75 bits per heavy atom. The topological polar surface area (TPSA) is 52.0 Å². The van der Waals surface area contributed by atoms with Gasteiger partial charge in [0, 0.05) is 40.3 Å². The second-order valence-corrected chi connectivity index (χ2v) is 7.69. The van der Waals surface area contributed by atoms with E-state index in [1.807, 2.05) is 80.1 Å². The minimum absolute atomic E-state index is 0.561. The fraction of sp³-hybridized carbons (Fsp3) is 0.111. The van der Waals surface area contributed by atoms with Gasteiger partial charge in [0.25, 0.3) is 0 Å². The van der Waals surface area contributed by atoms with Crippen LogP contribution in [0.1, 0.15) is 5.69 Å². The van der Waals surface area contributed by atoms with Gasteiger partial charge in [-0.15, -0.1) is 0 Å². The van der Waals surface area contributed by atoms with Crippen molar-refractivity contribution in [3.63, 3.8) is 0 Å². The van der Waals surface area contributed by atoms with Crippen molar-refractivity contribution < 1.29 is 4.74 Å². The Labute approximate surface area is 187 Å². The van der Waals surface area contributed by atoms with Crippen molar-refractivity contribution in [1.29, 1.82) is 0 Å². The van der Waals surface area contributed by atoms with Gasteiger partial charge in [0.15, 0.2) is 0 Å². The number of imidazole rings is 1. The second kappa shape index (κ2) is 8.94. The average molecular weight is 421 g/mol. The third kappa shape index (κ3) is 4.47. The normalized spacial score (nSPS) is 10.9. The molecular formula is C27H24N4O. The van der Waals surface area contributed by atoms with E-state index in [4.69, 9.17) is 4.74 Å². The number of nitrogens with zero attached hydrogens (tertiary/aromatic N) is 3. The molecule has 0 atom stereocenters. The highest BCUT2D eigenvalue weighted by Crippen LogP contribution is 2.28. The minimum Gasteiger partial charge on any atom is -0.492 e. The number of ether oxygens (including phenoxy) is 1. The molecule has 0 aliphatic carbocycles. The van der Waals surface area contributed by atoms with Crippen LogP contribution >= 0.6 is 0 Å². The molecule has 0 radical (unpaired) electrons. The number of rotatable bonds is 7. The van der Waals surface area contributed by atoms with Crippen molar-refractivity contribution in [3.05, 3.63) is 103 Å². The lowest BCUT2D eigenvalue weighted by Gasteiger charge is -2.12. The molecule has 2 heterocycles. The first-order valence-electron chi connectivity index (χ1n) is 10.7. The van der Waals surface area contributed by atoms with Crippen LogP contribution in [0.3, 0.4) is 0 Å². The van der Waals surface area contributed by atoms with Crippen LogP contribution in [-0.2, 0) is 6.54 Å². The predicted octanol–water partition coefficient (Wildman–Crippen LogP) is 6.23. The molecule has 32 heavy (non-hydrogen) atoms. The number of nitrogens with one attached hydrogen (secondary N) is 1. The second-order valence-electron chi connectivity index (χ2n) is 7.69. The molecule has 0 bridgehead atoms. The van der Waals surface area contributed by atoms with E-state index in [2.05, 4.69) is 44.1 Å². The predicted molar refractivity (Wildman–Crippen MR) is 129 cm³/mol. The molecule has 5 aromatic rings. The summed E-state index contributed by atoms with van der Waals surface area (Å²) in [6.07, 6.45) is 3.90. The molecule has 0 aliphatic heterocycles. The van der Waals surface area contributed by atoms with Gasteiger partial charge in [-0.3, -0.25) is 4.98 Å². The van der Waals surface area contributed by atoms with E-state index in [1.165, 1.54) is 0 Å². The Morgan fingerprint density at radius 1 is 0.906 bits per heavy atom. The summed E-state index contributed by atoms with van der Waals surface area (Å²) < 4.78 is 8.07. The number of aryl methyl sites for hydroxylation is 1. The molecule has 0 saturated carbocycles. The van der Waals surface area contributed by atoms with Gasteiger partial charge >= 0.3 is 0 Å². The average Bonchev–Trinajstić information content (AvgIpc) is 3.29. The lowest BCUT2D eigenvalue weighted by atomic mass is 10.1. The first-order valence-corrected chi connectivity index (χ1v) is 10.7. The Bertz CT molecular complexity index is 1340. The zero-order valence-electron chi connectivity index (χ0n) is 17.9. The van der Waals surface area contributed by atoms with Gasteiger partial charge in [-0.05, 0) is 31.2 Å². The lowest BCUT2D eigenvalue weighted by Crippen LogP contribution is -2.06. The first-order chi connectivity index (χ1) is 15.7. The molecule has 1 N–H and O–H groups in total. The molecule has 0 spiro atoms. The van der Waals surface area contributed by atoms with E-state index in [1.54, 1.807) is 0 Å². The Kier molecular flexibility index (Phi) is 5.54. The molecule has 5 nitrogen and oxygen atoms in total. The molecule has 5 heteroatoms. The number of pyridine rings is 1. The number of anilines is 2. The molecule has 3 aromatic carbocycles. The number of hydrogen-bond donors (Lipinski definition) is 1. The van der Waals surface area contributed by atoms with Crippen molar-refractivity contribution >= 4 is 22.3 Å². The highest BCUT2D eigenvalue weighted by atomic mass is 16.5. The van der Waals surface area contributed by atoms with E-state index in [9.17, 15) is 0 Å². The van der Waals surface area contributed by atoms with Crippen molar-refractivity contribution in [2.75, 3.05) is 11.9 Å². The number of benzene rings is 3. The van der Waals surface area contributed by atoms with Crippen LogP contribution in [0.25, 0.3) is 22.2 Å². The van der Waals surface area contributed by atoms with Crippen LogP contribution < -0.4 is 10.1 Å². The zero-order valence-corrected chi connectivity index (χ0v) is 17.9.